The molecule has 2 saturated heterocycles. The summed E-state index contributed by atoms with van der Waals surface area (Å²) in [7, 11) is -1.96. The number of rotatable bonds is 11. The van der Waals surface area contributed by atoms with Crippen LogP contribution in [0.4, 0.5) is 15.5 Å². The van der Waals surface area contributed by atoms with Gasteiger partial charge in [-0.25, -0.2) is 0 Å². The van der Waals surface area contributed by atoms with E-state index in [0.717, 1.165) is 23.2 Å². The molecular formula is C37H44FN3O6Si. The maximum absolute atomic E-state index is 16.4. The van der Waals surface area contributed by atoms with E-state index in [4.69, 9.17) is 9.47 Å². The minimum Gasteiger partial charge on any atom is -0.497 e. The van der Waals surface area contributed by atoms with Gasteiger partial charge in [0.25, 0.3) is 5.91 Å². The van der Waals surface area contributed by atoms with E-state index in [1.807, 2.05) is 67.6 Å². The fourth-order valence-electron chi connectivity index (χ4n) is 7.91. The van der Waals surface area contributed by atoms with Crippen molar-refractivity contribution in [2.75, 3.05) is 36.6 Å². The number of amides is 3. The van der Waals surface area contributed by atoms with Crippen LogP contribution < -0.4 is 14.5 Å². The molecule has 48 heavy (non-hydrogen) atoms. The number of carbonyl (C=O) groups excluding carboxylic acids is 3. The number of hydrogen-bond donors (Lipinski definition) is 1. The van der Waals surface area contributed by atoms with Gasteiger partial charge in [-0.1, -0.05) is 49.4 Å². The van der Waals surface area contributed by atoms with Crippen molar-refractivity contribution in [3.63, 3.8) is 0 Å². The Morgan fingerprint density at radius 2 is 1.81 bits per heavy atom. The van der Waals surface area contributed by atoms with Gasteiger partial charge in [-0.3, -0.25) is 14.4 Å². The molecule has 0 unspecified atom stereocenters. The Kier molecular flexibility index (Phi) is 9.48. The van der Waals surface area contributed by atoms with Gasteiger partial charge in [-0.2, -0.15) is 0 Å². The largest absolute Gasteiger partial charge is 0.497 e. The van der Waals surface area contributed by atoms with Crippen LogP contribution in [0.15, 0.2) is 72.8 Å². The zero-order chi connectivity index (χ0) is 34.2. The second kappa shape index (κ2) is 13.4. The normalized spacial score (nSPS) is 23.7. The molecule has 254 valence electrons. The Hall–Kier alpha value is -4.06. The maximum Gasteiger partial charge on any atom is 0.264 e. The summed E-state index contributed by atoms with van der Waals surface area (Å²) in [6.45, 7) is 6.24. The van der Waals surface area contributed by atoms with Gasteiger partial charge in [0.1, 0.15) is 5.75 Å². The van der Waals surface area contributed by atoms with Gasteiger partial charge < -0.3 is 33.4 Å². The number of carbonyl (C=O) groups is 3. The van der Waals surface area contributed by atoms with Crippen molar-refractivity contribution in [3.8, 4) is 5.75 Å². The van der Waals surface area contributed by atoms with Gasteiger partial charge in [-0.05, 0) is 61.0 Å². The molecule has 3 aliphatic rings. The van der Waals surface area contributed by atoms with Crippen molar-refractivity contribution in [1.82, 2.24) is 4.90 Å². The molecule has 3 amide bonds. The van der Waals surface area contributed by atoms with E-state index in [-0.39, 0.29) is 43.8 Å². The Balaban J connectivity index is 1.32. The minimum absolute atomic E-state index is 0.108. The van der Waals surface area contributed by atoms with Crippen molar-refractivity contribution in [2.24, 2.45) is 5.92 Å². The van der Waals surface area contributed by atoms with Crippen LogP contribution in [0.1, 0.15) is 42.9 Å². The van der Waals surface area contributed by atoms with Gasteiger partial charge in [0, 0.05) is 48.8 Å². The lowest BCUT2D eigenvalue weighted by Gasteiger charge is -2.31. The summed E-state index contributed by atoms with van der Waals surface area (Å²) >= 11 is 0. The summed E-state index contributed by atoms with van der Waals surface area (Å²) in [5.74, 6) is -0.490. The molecule has 4 atom stereocenters. The lowest BCUT2D eigenvalue weighted by atomic mass is 9.82. The number of aliphatic hydroxyl groups excluding tert-OH is 1. The molecule has 11 heteroatoms. The van der Waals surface area contributed by atoms with Gasteiger partial charge in [-0.15, -0.1) is 0 Å². The number of anilines is 2. The van der Waals surface area contributed by atoms with E-state index in [2.05, 4.69) is 0 Å². The summed E-state index contributed by atoms with van der Waals surface area (Å²) in [6.07, 6.45) is 0.412. The Morgan fingerprint density at radius 1 is 1.08 bits per heavy atom. The van der Waals surface area contributed by atoms with E-state index in [0.29, 0.717) is 36.5 Å². The maximum atomic E-state index is 16.4. The quantitative estimate of drug-likeness (QED) is 0.212. The van der Waals surface area contributed by atoms with Crippen LogP contribution in [0.5, 0.6) is 5.75 Å². The molecular weight excluding hydrogens is 630 g/mol. The van der Waals surface area contributed by atoms with Gasteiger partial charge in [0.05, 0.1) is 38.5 Å². The third kappa shape index (κ3) is 6.15. The van der Waals surface area contributed by atoms with Crippen molar-refractivity contribution >= 4 is 37.5 Å². The van der Waals surface area contributed by atoms with Crippen LogP contribution in [-0.2, 0) is 37.8 Å². The van der Waals surface area contributed by atoms with Crippen LogP contribution in [0.3, 0.4) is 0 Å². The lowest BCUT2D eigenvalue weighted by molar-refractivity contribution is -0.150. The number of methoxy groups -OCH3 is 1. The average Bonchev–Trinajstić information content (AvgIpc) is 3.70. The number of fused-ring (bicyclic) bond motifs is 2. The third-order valence-corrected chi connectivity index (χ3v) is 12.6. The monoisotopic (exact) mass is 673 g/mol. The highest BCUT2D eigenvalue weighted by Crippen LogP contribution is 2.60. The number of nitrogens with zero attached hydrogens (tertiary/aromatic N) is 3. The second-order valence-corrected chi connectivity index (χ2v) is 17.4. The first kappa shape index (κ1) is 33.8. The highest BCUT2D eigenvalue weighted by Gasteiger charge is 2.67. The van der Waals surface area contributed by atoms with E-state index in [1.165, 1.54) is 0 Å². The highest BCUT2D eigenvalue weighted by atomic mass is 28.4. The van der Waals surface area contributed by atoms with Crippen molar-refractivity contribution in [2.45, 2.75) is 69.6 Å². The number of hydrogen-bond acceptors (Lipinski definition) is 6. The summed E-state index contributed by atoms with van der Waals surface area (Å²) in [5.41, 5.74) is 1.70. The Morgan fingerprint density at radius 3 is 2.44 bits per heavy atom. The second-order valence-electron chi connectivity index (χ2n) is 13.6. The minimum atomic E-state index is -3.51. The Labute approximate surface area is 282 Å². The smallest absolute Gasteiger partial charge is 0.264 e. The number of benzene rings is 3. The molecule has 0 aromatic heterocycles. The molecule has 3 aromatic rings. The van der Waals surface area contributed by atoms with Crippen LogP contribution in [-0.4, -0.2) is 69.0 Å². The van der Waals surface area contributed by atoms with Gasteiger partial charge in [0.2, 0.25) is 20.2 Å². The molecule has 6 rings (SSSR count). The number of aliphatic hydroxyl groups is 1. The highest BCUT2D eigenvalue weighted by molar-refractivity contribution is 6.72. The predicted octanol–water partition coefficient (Wildman–Crippen LogP) is 5.56. The van der Waals surface area contributed by atoms with Crippen molar-refractivity contribution in [1.29, 1.82) is 0 Å². The van der Waals surface area contributed by atoms with E-state index < -0.39 is 31.6 Å². The molecule has 9 nitrogen and oxygen atoms in total. The van der Waals surface area contributed by atoms with E-state index >= 15 is 4.11 Å². The third-order valence-electron chi connectivity index (χ3n) is 10.1. The number of ether oxygens (including phenoxy) is 2. The van der Waals surface area contributed by atoms with Crippen LogP contribution in [0.25, 0.3) is 0 Å². The lowest BCUT2D eigenvalue weighted by Crippen LogP contribution is -2.45. The van der Waals surface area contributed by atoms with Crippen LogP contribution in [0.2, 0.25) is 18.6 Å². The zero-order valence-electron chi connectivity index (χ0n) is 28.0. The first-order valence-electron chi connectivity index (χ1n) is 16.7. The molecule has 0 aliphatic carbocycles. The molecule has 0 bridgehead atoms. The molecule has 3 aliphatic heterocycles. The fraction of sp³-hybridized carbons (Fsp3) is 0.432. The van der Waals surface area contributed by atoms with Gasteiger partial charge >= 0.3 is 0 Å². The molecule has 2 fully saturated rings. The molecule has 1 N–H and O–H groups in total. The van der Waals surface area contributed by atoms with Crippen LogP contribution in [0, 0.1) is 5.92 Å². The summed E-state index contributed by atoms with van der Waals surface area (Å²) in [4.78, 5) is 45.9. The van der Waals surface area contributed by atoms with Crippen molar-refractivity contribution < 1.29 is 33.1 Å². The fourth-order valence-corrected chi connectivity index (χ4v) is 10.4. The standard InChI is InChI=1S/C37H44FN3O6Si/c1-25-35(48(3,4)38)32(22-34(44)39(19-20-42)23-26-9-6-5-7-10-26)47-37(25)30-21-29(46-2)16-17-31(30)41(36(37)45)24-27-12-14-28(15-13-27)40-18-8-11-33(40)43/h5-7,9-10,12-17,21,25,32,35,42H,8,11,18-20,22-24H2,1-4H3/t25-,32+,35-,37+/m1/s1. The summed E-state index contributed by atoms with van der Waals surface area (Å²) < 4.78 is 28.8. The van der Waals surface area contributed by atoms with Crippen molar-refractivity contribution in [3.05, 3.63) is 89.5 Å². The Bertz CT molecular complexity index is 1670. The predicted molar refractivity (Wildman–Crippen MR) is 184 cm³/mol. The number of halogens is 1. The molecule has 0 radical (unpaired) electrons. The van der Waals surface area contributed by atoms with Gasteiger partial charge in [0.15, 0.2) is 5.60 Å². The molecule has 1 spiro atoms. The SMILES string of the molecule is COc1ccc2c(c1)[C@]1(O[C@@H](CC(=O)N(CCO)Cc3ccccc3)[C@H]([Si](C)(C)F)[C@H]1C)C(=O)N2Cc1ccc(N2CCCC2=O)cc1. The summed E-state index contributed by atoms with van der Waals surface area (Å²) in [6, 6.07) is 22.6. The first-order chi connectivity index (χ1) is 23.0. The average molecular weight is 674 g/mol. The first-order valence-corrected chi connectivity index (χ1v) is 19.6. The molecule has 3 heterocycles. The molecule has 3 aromatic carbocycles. The molecule has 0 saturated carbocycles. The topological polar surface area (TPSA) is 99.6 Å². The zero-order valence-corrected chi connectivity index (χ0v) is 29.0. The summed E-state index contributed by atoms with van der Waals surface area (Å²) in [5, 5.41) is 9.78. The van der Waals surface area contributed by atoms with Crippen LogP contribution >= 0.6 is 0 Å². The van der Waals surface area contributed by atoms with E-state index in [1.54, 1.807) is 47.0 Å². The van der Waals surface area contributed by atoms with E-state index in [9.17, 15) is 19.5 Å².